The Morgan fingerprint density at radius 3 is 2.40 bits per heavy atom. The second kappa shape index (κ2) is 9.27. The minimum absolute atomic E-state index is 0.113. The van der Waals surface area contributed by atoms with Crippen LogP contribution in [0.15, 0.2) is 24.3 Å². The molecule has 136 valence electrons. The summed E-state index contributed by atoms with van der Waals surface area (Å²) in [5.74, 6) is 2.94. The first-order valence-corrected chi connectivity index (χ1v) is 10.6. The van der Waals surface area contributed by atoms with Crippen LogP contribution in [-0.4, -0.2) is 41.3 Å². The maximum atomic E-state index is 12.3. The summed E-state index contributed by atoms with van der Waals surface area (Å²) in [6.45, 7) is 1.72. The highest BCUT2D eigenvalue weighted by Crippen LogP contribution is 2.26. The summed E-state index contributed by atoms with van der Waals surface area (Å²) in [4.78, 5) is 26.4. The molecule has 1 saturated heterocycles. The van der Waals surface area contributed by atoms with E-state index in [4.69, 9.17) is 0 Å². The molecule has 25 heavy (non-hydrogen) atoms. The first kappa shape index (κ1) is 18.3. The summed E-state index contributed by atoms with van der Waals surface area (Å²) in [6, 6.07) is 7.72. The van der Waals surface area contributed by atoms with Gasteiger partial charge in [-0.25, -0.2) is 0 Å². The summed E-state index contributed by atoms with van der Waals surface area (Å²) < 4.78 is 0. The molecule has 0 radical (unpaired) electrons. The first-order valence-electron chi connectivity index (χ1n) is 9.45. The third kappa shape index (κ3) is 5.77. The van der Waals surface area contributed by atoms with Gasteiger partial charge in [-0.05, 0) is 36.5 Å². The third-order valence-corrected chi connectivity index (χ3v) is 6.10. The Hall–Kier alpha value is -1.49. The van der Waals surface area contributed by atoms with Crippen molar-refractivity contribution in [2.24, 2.45) is 5.92 Å². The van der Waals surface area contributed by atoms with Crippen LogP contribution in [0.25, 0.3) is 0 Å². The maximum Gasteiger partial charge on any atom is 0.227 e. The number of amides is 2. The minimum atomic E-state index is 0.113. The van der Waals surface area contributed by atoms with E-state index in [2.05, 4.69) is 5.32 Å². The summed E-state index contributed by atoms with van der Waals surface area (Å²) in [7, 11) is 0. The van der Waals surface area contributed by atoms with Crippen molar-refractivity contribution in [3.8, 4) is 0 Å². The van der Waals surface area contributed by atoms with Crippen molar-refractivity contribution >= 4 is 29.3 Å². The van der Waals surface area contributed by atoms with Crippen LogP contribution >= 0.6 is 11.8 Å². The molecule has 1 heterocycles. The molecule has 1 aromatic rings. The van der Waals surface area contributed by atoms with Gasteiger partial charge in [0.25, 0.3) is 0 Å². The molecule has 0 atom stereocenters. The smallest absolute Gasteiger partial charge is 0.227 e. The maximum absolute atomic E-state index is 12.3. The van der Waals surface area contributed by atoms with Crippen molar-refractivity contribution < 1.29 is 9.59 Å². The molecular weight excluding hydrogens is 332 g/mol. The second-order valence-corrected chi connectivity index (χ2v) is 8.35. The zero-order valence-corrected chi connectivity index (χ0v) is 15.7. The lowest BCUT2D eigenvalue weighted by atomic mass is 9.87. The predicted molar refractivity (Wildman–Crippen MR) is 104 cm³/mol. The highest BCUT2D eigenvalue weighted by atomic mass is 32.2. The number of hydrogen-bond acceptors (Lipinski definition) is 3. The van der Waals surface area contributed by atoms with E-state index in [-0.39, 0.29) is 11.8 Å². The molecule has 1 saturated carbocycles. The van der Waals surface area contributed by atoms with Crippen molar-refractivity contribution in [2.45, 2.75) is 44.9 Å². The normalized spacial score (nSPS) is 18.8. The van der Waals surface area contributed by atoms with Crippen molar-refractivity contribution in [1.29, 1.82) is 0 Å². The lowest BCUT2D eigenvalue weighted by Gasteiger charge is -2.26. The molecule has 1 aliphatic carbocycles. The number of anilines is 1. The quantitative estimate of drug-likeness (QED) is 0.871. The molecule has 1 N–H and O–H groups in total. The molecule has 0 aromatic heterocycles. The fourth-order valence-corrected chi connectivity index (χ4v) is 4.57. The fourth-order valence-electron chi connectivity index (χ4n) is 3.67. The number of benzene rings is 1. The number of carbonyl (C=O) groups excluding carboxylic acids is 2. The van der Waals surface area contributed by atoms with Crippen LogP contribution < -0.4 is 5.32 Å². The summed E-state index contributed by atoms with van der Waals surface area (Å²) in [5, 5.41) is 3.00. The summed E-state index contributed by atoms with van der Waals surface area (Å²) >= 11 is 1.91. The van der Waals surface area contributed by atoms with Crippen molar-refractivity contribution in [1.82, 2.24) is 4.90 Å². The molecule has 2 aliphatic rings. The Morgan fingerprint density at radius 1 is 1.04 bits per heavy atom. The van der Waals surface area contributed by atoms with Gasteiger partial charge in [-0.2, -0.15) is 11.8 Å². The van der Waals surface area contributed by atoms with Gasteiger partial charge in [0.1, 0.15) is 0 Å². The molecule has 1 aromatic carbocycles. The minimum Gasteiger partial charge on any atom is -0.341 e. The Labute approximate surface area is 154 Å². The van der Waals surface area contributed by atoms with Crippen molar-refractivity contribution in [3.05, 3.63) is 29.8 Å². The third-order valence-electron chi connectivity index (χ3n) is 5.16. The zero-order valence-electron chi connectivity index (χ0n) is 14.8. The molecular formula is C20H28N2O2S. The summed E-state index contributed by atoms with van der Waals surface area (Å²) in [5.41, 5.74) is 1.83. The van der Waals surface area contributed by atoms with Crippen LogP contribution in [0.2, 0.25) is 0 Å². The van der Waals surface area contributed by atoms with E-state index >= 15 is 0 Å². The van der Waals surface area contributed by atoms with Gasteiger partial charge in [0.2, 0.25) is 11.8 Å². The van der Waals surface area contributed by atoms with Crippen LogP contribution in [0.4, 0.5) is 5.69 Å². The topological polar surface area (TPSA) is 49.4 Å². The number of nitrogens with zero attached hydrogens (tertiary/aromatic N) is 1. The molecule has 5 heteroatoms. The van der Waals surface area contributed by atoms with E-state index < -0.39 is 0 Å². The Kier molecular flexibility index (Phi) is 6.79. The van der Waals surface area contributed by atoms with E-state index in [9.17, 15) is 9.59 Å². The fraction of sp³-hybridized carbons (Fsp3) is 0.600. The van der Waals surface area contributed by atoms with Crippen LogP contribution in [0.3, 0.4) is 0 Å². The average molecular weight is 361 g/mol. The Morgan fingerprint density at radius 2 is 1.72 bits per heavy atom. The van der Waals surface area contributed by atoms with Gasteiger partial charge in [0.15, 0.2) is 0 Å². The Bertz CT molecular complexity index is 576. The highest BCUT2D eigenvalue weighted by molar-refractivity contribution is 7.99. The van der Waals surface area contributed by atoms with Crippen LogP contribution in [-0.2, 0) is 16.0 Å². The van der Waals surface area contributed by atoms with Gasteiger partial charge in [-0.1, -0.05) is 31.4 Å². The lowest BCUT2D eigenvalue weighted by molar-refractivity contribution is -0.130. The zero-order chi connectivity index (χ0) is 17.5. The van der Waals surface area contributed by atoms with Gasteiger partial charge < -0.3 is 10.2 Å². The number of hydrogen-bond donors (Lipinski definition) is 1. The van der Waals surface area contributed by atoms with E-state index in [1.54, 1.807) is 0 Å². The number of nitrogens with one attached hydrogen (secondary N) is 1. The standard InChI is InChI=1S/C20H28N2O2S/c23-19(14-16-4-2-1-3-5-16)21-18-8-6-17(7-9-18)15-20(24)22-10-12-25-13-11-22/h6-9,16H,1-5,10-15H2,(H,21,23). The first-order chi connectivity index (χ1) is 12.2. The van der Waals surface area contributed by atoms with E-state index in [1.165, 1.54) is 32.1 Å². The molecule has 1 aliphatic heterocycles. The van der Waals surface area contributed by atoms with Gasteiger partial charge in [-0.3, -0.25) is 9.59 Å². The molecule has 2 fully saturated rings. The van der Waals surface area contributed by atoms with Gasteiger partial charge in [0, 0.05) is 36.7 Å². The van der Waals surface area contributed by atoms with Gasteiger partial charge in [0.05, 0.1) is 6.42 Å². The van der Waals surface area contributed by atoms with E-state index in [0.717, 1.165) is 35.8 Å². The Balaban J connectivity index is 1.46. The second-order valence-electron chi connectivity index (χ2n) is 7.12. The van der Waals surface area contributed by atoms with E-state index in [1.807, 2.05) is 40.9 Å². The molecule has 0 unspecified atom stereocenters. The monoisotopic (exact) mass is 360 g/mol. The van der Waals surface area contributed by atoms with Gasteiger partial charge in [-0.15, -0.1) is 0 Å². The van der Waals surface area contributed by atoms with Crippen LogP contribution in [0.5, 0.6) is 0 Å². The largest absolute Gasteiger partial charge is 0.341 e. The highest BCUT2D eigenvalue weighted by Gasteiger charge is 2.18. The van der Waals surface area contributed by atoms with Crippen LogP contribution in [0, 0.1) is 5.92 Å². The van der Waals surface area contributed by atoms with Crippen molar-refractivity contribution in [2.75, 3.05) is 29.9 Å². The molecule has 2 amide bonds. The number of rotatable bonds is 5. The number of thioether (sulfide) groups is 1. The summed E-state index contributed by atoms with van der Waals surface area (Å²) in [6.07, 6.45) is 7.28. The molecule has 0 bridgehead atoms. The van der Waals surface area contributed by atoms with Gasteiger partial charge >= 0.3 is 0 Å². The van der Waals surface area contributed by atoms with Crippen molar-refractivity contribution in [3.63, 3.8) is 0 Å². The molecule has 4 nitrogen and oxygen atoms in total. The SMILES string of the molecule is O=C(CC1CCCCC1)Nc1ccc(CC(=O)N2CCSCC2)cc1. The molecule has 0 spiro atoms. The lowest BCUT2D eigenvalue weighted by Crippen LogP contribution is -2.38. The van der Waals surface area contributed by atoms with E-state index in [0.29, 0.717) is 18.8 Å². The molecule has 3 rings (SSSR count). The average Bonchev–Trinajstić information content (AvgIpc) is 2.65. The van der Waals surface area contributed by atoms with Crippen LogP contribution in [0.1, 0.15) is 44.1 Å². The number of carbonyl (C=O) groups is 2. The predicted octanol–water partition coefficient (Wildman–Crippen LogP) is 3.71.